The van der Waals surface area contributed by atoms with Gasteiger partial charge in [-0.2, -0.15) is 5.10 Å². The number of carbonyl (C=O) groups excluding carboxylic acids is 2. The minimum absolute atomic E-state index is 0.0518. The van der Waals surface area contributed by atoms with Crippen LogP contribution in [0, 0.1) is 0 Å². The van der Waals surface area contributed by atoms with Gasteiger partial charge in [0.1, 0.15) is 6.04 Å². The minimum Gasteiger partial charge on any atom is -0.469 e. The normalized spacial score (nSPS) is 12.2. The fourth-order valence-electron chi connectivity index (χ4n) is 1.56. The Morgan fingerprint density at radius 2 is 2.05 bits per heavy atom. The van der Waals surface area contributed by atoms with E-state index in [0.29, 0.717) is 5.02 Å². The fourth-order valence-corrected chi connectivity index (χ4v) is 2.56. The highest BCUT2D eigenvalue weighted by molar-refractivity contribution is 8.13. The second-order valence-corrected chi connectivity index (χ2v) is 5.63. The Kier molecular flexibility index (Phi) is 7.25. The van der Waals surface area contributed by atoms with Crippen LogP contribution < -0.4 is 0 Å². The number of thioether (sulfide) groups is 1. The number of methoxy groups -OCH3 is 1. The van der Waals surface area contributed by atoms with Crippen molar-refractivity contribution >= 4 is 40.7 Å². The molecule has 0 aromatic heterocycles. The van der Waals surface area contributed by atoms with Crippen LogP contribution in [0.4, 0.5) is 0 Å². The second-order valence-electron chi connectivity index (χ2n) is 4.12. The summed E-state index contributed by atoms with van der Waals surface area (Å²) < 4.78 is 4.63. The number of esters is 1. The van der Waals surface area contributed by atoms with Crippen molar-refractivity contribution in [2.45, 2.75) is 24.3 Å². The third-order valence-corrected chi connectivity index (χ3v) is 3.87. The van der Waals surface area contributed by atoms with Gasteiger partial charge in [0.25, 0.3) is 0 Å². The van der Waals surface area contributed by atoms with E-state index in [1.54, 1.807) is 44.5 Å². The summed E-state index contributed by atoms with van der Waals surface area (Å²) in [6, 6.07) is 6.24. The van der Waals surface area contributed by atoms with Crippen LogP contribution in [0.1, 0.15) is 13.3 Å². The lowest BCUT2D eigenvalue weighted by Gasteiger charge is -2.22. The average molecular weight is 329 g/mol. The van der Waals surface area contributed by atoms with E-state index in [-0.39, 0.29) is 11.5 Å². The molecule has 7 heteroatoms. The molecule has 0 aliphatic carbocycles. The van der Waals surface area contributed by atoms with E-state index in [9.17, 15) is 9.59 Å². The fraction of sp³-hybridized carbons (Fsp3) is 0.357. The van der Waals surface area contributed by atoms with E-state index < -0.39 is 12.0 Å². The lowest BCUT2D eigenvalue weighted by Crippen LogP contribution is -2.36. The number of benzene rings is 1. The molecule has 21 heavy (non-hydrogen) atoms. The number of nitrogens with zero attached hydrogens (tertiary/aromatic N) is 2. The zero-order chi connectivity index (χ0) is 15.8. The van der Waals surface area contributed by atoms with Gasteiger partial charge >= 0.3 is 5.97 Å². The van der Waals surface area contributed by atoms with Crippen molar-refractivity contribution < 1.29 is 14.3 Å². The Morgan fingerprint density at radius 1 is 1.43 bits per heavy atom. The van der Waals surface area contributed by atoms with Gasteiger partial charge in [-0.15, -0.1) is 0 Å². The van der Waals surface area contributed by atoms with Crippen LogP contribution in [0.15, 0.2) is 34.3 Å². The van der Waals surface area contributed by atoms with Gasteiger partial charge in [-0.05, 0) is 43.0 Å². The minimum atomic E-state index is -0.686. The predicted molar refractivity (Wildman–Crippen MR) is 84.7 cm³/mol. The molecule has 0 aliphatic rings. The molecule has 0 saturated carbocycles. The van der Waals surface area contributed by atoms with Gasteiger partial charge in [0.2, 0.25) is 5.12 Å². The van der Waals surface area contributed by atoms with Gasteiger partial charge in [0.15, 0.2) is 0 Å². The number of ether oxygens (including phenoxy) is 1. The van der Waals surface area contributed by atoms with Gasteiger partial charge in [0, 0.05) is 23.2 Å². The standard InChI is InChI=1S/C14H17ClN2O3S/c1-4-16-17(2)12(9-13(18)20-3)14(19)21-11-7-5-10(15)6-8-11/h4-8,12H,9H2,1-3H3. The molecule has 1 rings (SSSR count). The van der Waals surface area contributed by atoms with E-state index in [1.165, 1.54) is 12.1 Å². The Labute approximate surface area is 133 Å². The molecule has 1 aromatic rings. The molecule has 0 amide bonds. The topological polar surface area (TPSA) is 59.0 Å². The maximum atomic E-state index is 12.4. The Bertz CT molecular complexity index is 519. The van der Waals surface area contributed by atoms with E-state index in [0.717, 1.165) is 16.7 Å². The summed E-state index contributed by atoms with van der Waals surface area (Å²) >= 11 is 6.85. The van der Waals surface area contributed by atoms with Crippen LogP contribution >= 0.6 is 23.4 Å². The monoisotopic (exact) mass is 328 g/mol. The molecule has 0 heterocycles. The predicted octanol–water partition coefficient (Wildman–Crippen LogP) is 2.83. The second kappa shape index (κ2) is 8.69. The molecule has 1 unspecified atom stereocenters. The number of likely N-dealkylation sites (N-methyl/N-ethyl adjacent to an activating group) is 1. The molecule has 0 radical (unpaired) electrons. The molecule has 0 spiro atoms. The first-order valence-electron chi connectivity index (χ1n) is 6.23. The largest absolute Gasteiger partial charge is 0.469 e. The molecule has 0 fully saturated rings. The molecule has 1 aromatic carbocycles. The maximum Gasteiger partial charge on any atom is 0.308 e. The van der Waals surface area contributed by atoms with E-state index in [2.05, 4.69) is 9.84 Å². The van der Waals surface area contributed by atoms with Gasteiger partial charge in [-0.3, -0.25) is 14.6 Å². The highest BCUT2D eigenvalue weighted by Crippen LogP contribution is 2.24. The lowest BCUT2D eigenvalue weighted by atomic mass is 10.2. The molecule has 0 aliphatic heterocycles. The SMILES string of the molecule is CC=NN(C)C(CC(=O)OC)C(=O)Sc1ccc(Cl)cc1. The summed E-state index contributed by atoms with van der Waals surface area (Å²) in [5.41, 5.74) is 0. The summed E-state index contributed by atoms with van der Waals surface area (Å²) in [4.78, 5) is 24.6. The summed E-state index contributed by atoms with van der Waals surface area (Å²) in [6.07, 6.45) is 1.51. The third-order valence-electron chi connectivity index (χ3n) is 2.64. The number of hydrogen-bond donors (Lipinski definition) is 0. The molecular formula is C14H17ClN2O3S. The van der Waals surface area contributed by atoms with Crippen molar-refractivity contribution in [3.63, 3.8) is 0 Å². The smallest absolute Gasteiger partial charge is 0.308 e. The van der Waals surface area contributed by atoms with Crippen molar-refractivity contribution in [1.29, 1.82) is 0 Å². The highest BCUT2D eigenvalue weighted by atomic mass is 35.5. The Hall–Kier alpha value is -1.53. The quantitative estimate of drug-likeness (QED) is 0.348. The number of hydrazone groups is 1. The van der Waals surface area contributed by atoms with E-state index >= 15 is 0 Å². The zero-order valence-corrected chi connectivity index (χ0v) is 13.6. The van der Waals surface area contributed by atoms with Crippen LogP contribution in [0.5, 0.6) is 0 Å². The molecule has 1 atom stereocenters. The summed E-state index contributed by atoms with van der Waals surface area (Å²) in [5.74, 6) is -0.455. The van der Waals surface area contributed by atoms with Gasteiger partial charge in [-0.1, -0.05) is 11.6 Å². The molecular weight excluding hydrogens is 312 g/mol. The number of rotatable bonds is 6. The zero-order valence-electron chi connectivity index (χ0n) is 12.1. The molecule has 0 saturated heterocycles. The Morgan fingerprint density at radius 3 is 2.57 bits per heavy atom. The van der Waals surface area contributed by atoms with Crippen LogP contribution in [0.2, 0.25) is 5.02 Å². The summed E-state index contributed by atoms with van der Waals surface area (Å²) in [5, 5.41) is 5.91. The van der Waals surface area contributed by atoms with Crippen molar-refractivity contribution in [1.82, 2.24) is 5.01 Å². The van der Waals surface area contributed by atoms with Crippen molar-refractivity contribution in [3.8, 4) is 0 Å². The van der Waals surface area contributed by atoms with Crippen LogP contribution in [-0.2, 0) is 14.3 Å². The Balaban J connectivity index is 2.83. The first kappa shape index (κ1) is 17.5. The molecule has 5 nitrogen and oxygen atoms in total. The van der Waals surface area contributed by atoms with Crippen molar-refractivity contribution in [3.05, 3.63) is 29.3 Å². The van der Waals surface area contributed by atoms with Crippen LogP contribution in [-0.4, -0.2) is 42.5 Å². The molecule has 0 bridgehead atoms. The highest BCUT2D eigenvalue weighted by Gasteiger charge is 2.26. The number of hydrogen-bond acceptors (Lipinski definition) is 6. The number of halogens is 1. The average Bonchev–Trinajstić information content (AvgIpc) is 2.46. The van der Waals surface area contributed by atoms with Crippen LogP contribution in [0.3, 0.4) is 0 Å². The lowest BCUT2D eigenvalue weighted by molar-refractivity contribution is -0.143. The van der Waals surface area contributed by atoms with Crippen molar-refractivity contribution in [2.24, 2.45) is 5.10 Å². The van der Waals surface area contributed by atoms with Crippen molar-refractivity contribution in [2.75, 3.05) is 14.2 Å². The van der Waals surface area contributed by atoms with Crippen LogP contribution in [0.25, 0.3) is 0 Å². The maximum absolute atomic E-state index is 12.4. The van der Waals surface area contributed by atoms with Gasteiger partial charge < -0.3 is 4.74 Å². The molecule has 114 valence electrons. The van der Waals surface area contributed by atoms with Gasteiger partial charge in [-0.25, -0.2) is 0 Å². The molecule has 0 N–H and O–H groups in total. The summed E-state index contributed by atoms with van der Waals surface area (Å²) in [6.45, 7) is 1.74. The van der Waals surface area contributed by atoms with E-state index in [1.807, 2.05) is 0 Å². The van der Waals surface area contributed by atoms with E-state index in [4.69, 9.17) is 11.6 Å². The number of carbonyl (C=O) groups is 2. The summed E-state index contributed by atoms with van der Waals surface area (Å²) in [7, 11) is 2.94. The first-order valence-corrected chi connectivity index (χ1v) is 7.43. The first-order chi connectivity index (χ1) is 9.97. The third kappa shape index (κ3) is 5.77. The van der Waals surface area contributed by atoms with Gasteiger partial charge in [0.05, 0.1) is 13.5 Å².